The maximum Gasteiger partial charge on any atom is 0.313 e. The van der Waals surface area contributed by atoms with Crippen molar-refractivity contribution in [3.8, 4) is 11.4 Å². The Kier molecular flexibility index (Phi) is 4.06. The van der Waals surface area contributed by atoms with E-state index in [0.29, 0.717) is 10.8 Å². The lowest BCUT2D eigenvalue weighted by Gasteiger charge is -2.09. The first-order valence-electron chi connectivity index (χ1n) is 5.33. The fourth-order valence-electron chi connectivity index (χ4n) is 1.52. The van der Waals surface area contributed by atoms with Crippen LogP contribution in [0.2, 0.25) is 0 Å². The molecule has 1 N–H and O–H groups in total. The van der Waals surface area contributed by atoms with Gasteiger partial charge in [0.05, 0.1) is 18.6 Å². The lowest BCUT2D eigenvalue weighted by atomic mass is 10.3. The number of hydrogen-bond donors (Lipinski definition) is 1. The number of thioether (sulfide) groups is 1. The van der Waals surface area contributed by atoms with E-state index in [1.807, 2.05) is 0 Å². The van der Waals surface area contributed by atoms with Gasteiger partial charge in [0.25, 0.3) is 0 Å². The molecule has 2 aromatic rings. The van der Waals surface area contributed by atoms with Gasteiger partial charge in [-0.3, -0.25) is 9.36 Å². The first kappa shape index (κ1) is 13.4. The summed E-state index contributed by atoms with van der Waals surface area (Å²) < 4.78 is 19.9. The number of aliphatic carboxylic acids is 1. The molecule has 1 aromatic heterocycles. The van der Waals surface area contributed by atoms with Crippen molar-refractivity contribution in [2.24, 2.45) is 0 Å². The number of nitrogens with zero attached hydrogens (tertiary/aromatic N) is 2. The van der Waals surface area contributed by atoms with Gasteiger partial charge in [-0.1, -0.05) is 11.8 Å². The van der Waals surface area contributed by atoms with Crippen molar-refractivity contribution in [3.05, 3.63) is 36.4 Å². The van der Waals surface area contributed by atoms with Gasteiger partial charge in [-0.05, 0) is 12.1 Å². The summed E-state index contributed by atoms with van der Waals surface area (Å²) in [6, 6.07) is 4.39. The average Bonchev–Trinajstić information content (AvgIpc) is 2.85. The maximum absolute atomic E-state index is 13.3. The zero-order valence-corrected chi connectivity index (χ0v) is 10.9. The van der Waals surface area contributed by atoms with Crippen molar-refractivity contribution in [1.82, 2.24) is 9.55 Å². The number of ether oxygens (including phenoxy) is 1. The molecule has 1 aromatic carbocycles. The van der Waals surface area contributed by atoms with Crippen LogP contribution in [0.15, 0.2) is 35.7 Å². The minimum Gasteiger partial charge on any atom is -0.494 e. The van der Waals surface area contributed by atoms with Crippen molar-refractivity contribution in [2.45, 2.75) is 5.16 Å². The molecule has 0 unspecified atom stereocenters. The summed E-state index contributed by atoms with van der Waals surface area (Å²) in [6.07, 6.45) is 3.23. The van der Waals surface area contributed by atoms with E-state index >= 15 is 0 Å². The second-order valence-electron chi connectivity index (χ2n) is 3.58. The highest BCUT2D eigenvalue weighted by Crippen LogP contribution is 2.25. The zero-order chi connectivity index (χ0) is 13.8. The van der Waals surface area contributed by atoms with Gasteiger partial charge >= 0.3 is 5.97 Å². The fraction of sp³-hybridized carbons (Fsp3) is 0.167. The standard InChI is InChI=1S/C12H11FN2O3S/c1-18-10-6-8(2-3-9(10)13)15-5-4-14-12(15)19-7-11(16)17/h2-6H,7H2,1H3,(H,16,17). The Bertz CT molecular complexity index is 600. The van der Waals surface area contributed by atoms with Gasteiger partial charge in [0.15, 0.2) is 16.7 Å². The lowest BCUT2D eigenvalue weighted by Crippen LogP contribution is -2.02. The molecule has 100 valence electrons. The fourth-order valence-corrected chi connectivity index (χ4v) is 2.21. The molecule has 1 heterocycles. The Morgan fingerprint density at radius 3 is 3.05 bits per heavy atom. The summed E-state index contributed by atoms with van der Waals surface area (Å²) in [5.74, 6) is -1.34. The molecule has 0 spiro atoms. The summed E-state index contributed by atoms with van der Waals surface area (Å²) in [5, 5.41) is 9.19. The summed E-state index contributed by atoms with van der Waals surface area (Å²) >= 11 is 1.09. The van der Waals surface area contributed by atoms with Crippen molar-refractivity contribution >= 4 is 17.7 Å². The molecular formula is C12H11FN2O3S. The lowest BCUT2D eigenvalue weighted by molar-refractivity contribution is -0.133. The quantitative estimate of drug-likeness (QED) is 0.852. The van der Waals surface area contributed by atoms with Gasteiger partial charge in [0.2, 0.25) is 0 Å². The third-order valence-corrected chi connectivity index (χ3v) is 3.30. The van der Waals surface area contributed by atoms with Crippen molar-refractivity contribution in [2.75, 3.05) is 12.9 Å². The van der Waals surface area contributed by atoms with Gasteiger partial charge in [-0.25, -0.2) is 9.37 Å². The second-order valence-corrected chi connectivity index (χ2v) is 4.52. The number of carboxylic acid groups (broad SMARTS) is 1. The molecule has 7 heteroatoms. The number of rotatable bonds is 5. The molecule has 0 radical (unpaired) electrons. The predicted molar refractivity (Wildman–Crippen MR) is 68.4 cm³/mol. The van der Waals surface area contributed by atoms with Gasteiger partial charge in [0.1, 0.15) is 0 Å². The highest BCUT2D eigenvalue weighted by molar-refractivity contribution is 7.99. The largest absolute Gasteiger partial charge is 0.494 e. The summed E-state index contributed by atoms with van der Waals surface area (Å²) in [6.45, 7) is 0. The van der Waals surface area contributed by atoms with Crippen LogP contribution in [-0.4, -0.2) is 33.5 Å². The van der Waals surface area contributed by atoms with Crippen LogP contribution in [0, 0.1) is 5.82 Å². The van der Waals surface area contributed by atoms with Crippen LogP contribution in [0.1, 0.15) is 0 Å². The number of aromatic nitrogens is 2. The Morgan fingerprint density at radius 2 is 2.37 bits per heavy atom. The molecule has 19 heavy (non-hydrogen) atoms. The number of carbonyl (C=O) groups is 1. The minimum atomic E-state index is -0.920. The van der Waals surface area contributed by atoms with Crippen LogP contribution in [0.4, 0.5) is 4.39 Å². The first-order chi connectivity index (χ1) is 9.11. The van der Waals surface area contributed by atoms with E-state index in [0.717, 1.165) is 11.8 Å². The molecule has 0 aliphatic rings. The average molecular weight is 282 g/mol. The van der Waals surface area contributed by atoms with E-state index in [2.05, 4.69) is 4.98 Å². The number of carboxylic acids is 1. The van der Waals surface area contributed by atoms with E-state index < -0.39 is 11.8 Å². The van der Waals surface area contributed by atoms with E-state index in [9.17, 15) is 9.18 Å². The van der Waals surface area contributed by atoms with E-state index in [1.54, 1.807) is 23.0 Å². The molecule has 0 fully saturated rings. The molecule has 0 saturated heterocycles. The molecule has 0 aliphatic heterocycles. The maximum atomic E-state index is 13.3. The van der Waals surface area contributed by atoms with Crippen molar-refractivity contribution in [1.29, 1.82) is 0 Å². The summed E-state index contributed by atoms with van der Waals surface area (Å²) in [5.41, 5.74) is 0.656. The Hall–Kier alpha value is -2.02. The summed E-state index contributed by atoms with van der Waals surface area (Å²) in [7, 11) is 1.39. The van der Waals surface area contributed by atoms with E-state index in [4.69, 9.17) is 9.84 Å². The number of halogens is 1. The number of methoxy groups -OCH3 is 1. The molecule has 0 amide bonds. The van der Waals surface area contributed by atoms with Crippen LogP contribution in [0.3, 0.4) is 0 Å². The number of hydrogen-bond acceptors (Lipinski definition) is 4. The molecule has 0 bridgehead atoms. The smallest absolute Gasteiger partial charge is 0.313 e. The van der Waals surface area contributed by atoms with Crippen LogP contribution >= 0.6 is 11.8 Å². The summed E-state index contributed by atoms with van der Waals surface area (Å²) in [4.78, 5) is 14.6. The molecule has 5 nitrogen and oxygen atoms in total. The molecular weight excluding hydrogens is 271 g/mol. The zero-order valence-electron chi connectivity index (χ0n) is 10.0. The molecule has 0 aliphatic carbocycles. The van der Waals surface area contributed by atoms with Crippen molar-refractivity contribution < 1.29 is 19.0 Å². The Morgan fingerprint density at radius 1 is 1.58 bits per heavy atom. The van der Waals surface area contributed by atoms with Crippen molar-refractivity contribution in [3.63, 3.8) is 0 Å². The highest BCUT2D eigenvalue weighted by Gasteiger charge is 2.10. The number of imidazole rings is 1. The minimum absolute atomic E-state index is 0.0880. The second kappa shape index (κ2) is 5.75. The Labute approximate surface area is 113 Å². The number of benzene rings is 1. The normalized spacial score (nSPS) is 10.4. The van der Waals surface area contributed by atoms with E-state index in [-0.39, 0.29) is 11.5 Å². The molecule has 2 rings (SSSR count). The van der Waals surface area contributed by atoms with Gasteiger partial charge in [-0.15, -0.1) is 0 Å². The predicted octanol–water partition coefficient (Wildman–Crippen LogP) is 2.20. The SMILES string of the molecule is COc1cc(-n2ccnc2SCC(=O)O)ccc1F. The molecule has 0 atom stereocenters. The molecule has 0 saturated carbocycles. The van der Waals surface area contributed by atoms with E-state index in [1.165, 1.54) is 19.2 Å². The Balaban J connectivity index is 2.31. The highest BCUT2D eigenvalue weighted by atomic mass is 32.2. The van der Waals surface area contributed by atoms with Crippen LogP contribution in [-0.2, 0) is 4.79 Å². The monoisotopic (exact) mass is 282 g/mol. The first-order valence-corrected chi connectivity index (χ1v) is 6.32. The third-order valence-electron chi connectivity index (χ3n) is 2.34. The van der Waals surface area contributed by atoms with Crippen LogP contribution in [0.25, 0.3) is 5.69 Å². The third kappa shape index (κ3) is 3.05. The van der Waals surface area contributed by atoms with Gasteiger partial charge in [-0.2, -0.15) is 0 Å². The van der Waals surface area contributed by atoms with Gasteiger partial charge < -0.3 is 9.84 Å². The van der Waals surface area contributed by atoms with Gasteiger partial charge in [0, 0.05) is 18.5 Å². The van der Waals surface area contributed by atoms with Crippen LogP contribution in [0.5, 0.6) is 5.75 Å². The van der Waals surface area contributed by atoms with Crippen LogP contribution < -0.4 is 4.74 Å². The topological polar surface area (TPSA) is 64.4 Å².